The summed E-state index contributed by atoms with van der Waals surface area (Å²) in [5.74, 6) is -0.284. The second-order valence-electron chi connectivity index (χ2n) is 3.44. The van der Waals surface area contributed by atoms with Crippen LogP contribution in [0.1, 0.15) is 5.56 Å². The zero-order chi connectivity index (χ0) is 10.8. The van der Waals surface area contributed by atoms with Crippen LogP contribution >= 0.6 is 0 Å². The monoisotopic (exact) mass is 203 g/mol. The number of benzene rings is 1. The van der Waals surface area contributed by atoms with Gasteiger partial charge in [-0.2, -0.15) is 0 Å². The summed E-state index contributed by atoms with van der Waals surface area (Å²) in [7, 11) is 0. The van der Waals surface area contributed by atoms with Gasteiger partial charge in [-0.3, -0.25) is 4.79 Å². The van der Waals surface area contributed by atoms with Crippen molar-refractivity contribution in [3.8, 4) is 11.3 Å². The van der Waals surface area contributed by atoms with Crippen LogP contribution in [0.3, 0.4) is 0 Å². The van der Waals surface area contributed by atoms with E-state index in [1.54, 1.807) is 12.1 Å². The number of pyridine rings is 1. The lowest BCUT2D eigenvalue weighted by Gasteiger charge is -2.02. The summed E-state index contributed by atoms with van der Waals surface area (Å²) in [5, 5.41) is 0. The second-order valence-corrected chi connectivity index (χ2v) is 3.44. The van der Waals surface area contributed by atoms with Gasteiger partial charge in [0, 0.05) is 11.8 Å². The number of rotatable bonds is 1. The molecule has 0 aliphatic carbocycles. The van der Waals surface area contributed by atoms with E-state index >= 15 is 0 Å². The van der Waals surface area contributed by atoms with Crippen molar-refractivity contribution in [3.63, 3.8) is 0 Å². The molecule has 1 N–H and O–H groups in total. The summed E-state index contributed by atoms with van der Waals surface area (Å²) in [6, 6.07) is 9.40. The second kappa shape index (κ2) is 3.69. The number of aromatic nitrogens is 1. The molecule has 0 spiro atoms. The molecule has 2 nitrogen and oxygen atoms in total. The summed E-state index contributed by atoms with van der Waals surface area (Å²) in [6.07, 6.45) is 0. The number of halogens is 1. The Hall–Kier alpha value is -1.90. The van der Waals surface area contributed by atoms with Gasteiger partial charge < -0.3 is 4.98 Å². The van der Waals surface area contributed by atoms with Crippen molar-refractivity contribution >= 4 is 0 Å². The van der Waals surface area contributed by atoms with Gasteiger partial charge in [0.1, 0.15) is 5.82 Å². The van der Waals surface area contributed by atoms with Crippen LogP contribution in [0, 0.1) is 12.7 Å². The van der Waals surface area contributed by atoms with Crippen molar-refractivity contribution in [1.82, 2.24) is 4.98 Å². The van der Waals surface area contributed by atoms with Crippen LogP contribution in [-0.4, -0.2) is 4.98 Å². The van der Waals surface area contributed by atoms with Crippen LogP contribution in [0.5, 0.6) is 0 Å². The molecule has 0 saturated carbocycles. The van der Waals surface area contributed by atoms with Crippen molar-refractivity contribution in [2.45, 2.75) is 6.92 Å². The molecule has 3 heteroatoms. The van der Waals surface area contributed by atoms with E-state index in [1.165, 1.54) is 18.2 Å². The molecule has 0 atom stereocenters. The first-order chi connectivity index (χ1) is 7.15. The highest BCUT2D eigenvalue weighted by Gasteiger charge is 1.99. The highest BCUT2D eigenvalue weighted by atomic mass is 19.1. The van der Waals surface area contributed by atoms with E-state index in [1.807, 2.05) is 13.0 Å². The van der Waals surface area contributed by atoms with E-state index < -0.39 is 0 Å². The maximum Gasteiger partial charge on any atom is 0.248 e. The topological polar surface area (TPSA) is 32.9 Å². The number of hydrogen-bond acceptors (Lipinski definition) is 1. The number of hydrogen-bond donors (Lipinski definition) is 1. The van der Waals surface area contributed by atoms with Gasteiger partial charge in [-0.05, 0) is 48.4 Å². The van der Waals surface area contributed by atoms with Gasteiger partial charge >= 0.3 is 0 Å². The lowest BCUT2D eigenvalue weighted by atomic mass is 10.1. The summed E-state index contributed by atoms with van der Waals surface area (Å²) in [4.78, 5) is 13.9. The quantitative estimate of drug-likeness (QED) is 0.758. The Balaban J connectivity index is 2.54. The number of aryl methyl sites for hydroxylation is 1. The largest absolute Gasteiger partial charge is 0.322 e. The summed E-state index contributed by atoms with van der Waals surface area (Å²) in [5.41, 5.74) is 2.25. The highest BCUT2D eigenvalue weighted by Crippen LogP contribution is 2.16. The lowest BCUT2D eigenvalue weighted by Crippen LogP contribution is -2.05. The molecule has 0 radical (unpaired) electrons. The third-order valence-electron chi connectivity index (χ3n) is 2.14. The van der Waals surface area contributed by atoms with E-state index in [9.17, 15) is 9.18 Å². The molecule has 15 heavy (non-hydrogen) atoms. The minimum atomic E-state index is -0.284. The van der Waals surface area contributed by atoms with E-state index in [0.29, 0.717) is 5.69 Å². The molecule has 0 amide bonds. The predicted molar refractivity (Wildman–Crippen MR) is 57.2 cm³/mol. The average molecular weight is 203 g/mol. The molecule has 0 saturated heterocycles. The average Bonchev–Trinajstić information content (AvgIpc) is 2.17. The Morgan fingerprint density at radius 1 is 1.13 bits per heavy atom. The molecule has 1 aromatic carbocycles. The molecule has 0 fully saturated rings. The van der Waals surface area contributed by atoms with E-state index in [-0.39, 0.29) is 11.4 Å². The first kappa shape index (κ1) is 9.65. The molecule has 0 bridgehead atoms. The van der Waals surface area contributed by atoms with Crippen LogP contribution in [-0.2, 0) is 0 Å². The van der Waals surface area contributed by atoms with Crippen molar-refractivity contribution in [3.05, 3.63) is 58.1 Å². The van der Waals surface area contributed by atoms with E-state index in [2.05, 4.69) is 4.98 Å². The van der Waals surface area contributed by atoms with Gasteiger partial charge in [-0.15, -0.1) is 0 Å². The fourth-order valence-electron chi connectivity index (χ4n) is 1.47. The van der Waals surface area contributed by atoms with Crippen LogP contribution in [0.2, 0.25) is 0 Å². The Labute approximate surface area is 86.4 Å². The van der Waals surface area contributed by atoms with Crippen LogP contribution < -0.4 is 5.56 Å². The maximum atomic E-state index is 12.7. The normalized spacial score (nSPS) is 10.3. The lowest BCUT2D eigenvalue weighted by molar-refractivity contribution is 0.628. The van der Waals surface area contributed by atoms with Crippen LogP contribution in [0.15, 0.2) is 41.2 Å². The summed E-state index contributed by atoms with van der Waals surface area (Å²) >= 11 is 0. The number of H-pyrrole nitrogens is 1. The number of aromatic amines is 1. The molecular formula is C12H10FNO. The molecule has 2 rings (SSSR count). The minimum Gasteiger partial charge on any atom is -0.322 e. The fourth-order valence-corrected chi connectivity index (χ4v) is 1.47. The predicted octanol–water partition coefficient (Wildman–Crippen LogP) is 2.49. The van der Waals surface area contributed by atoms with Gasteiger partial charge in [0.2, 0.25) is 5.56 Å². The first-order valence-electron chi connectivity index (χ1n) is 4.62. The van der Waals surface area contributed by atoms with Crippen LogP contribution in [0.25, 0.3) is 11.3 Å². The van der Waals surface area contributed by atoms with Gasteiger partial charge in [0.15, 0.2) is 0 Å². The molecule has 0 aliphatic rings. The highest BCUT2D eigenvalue weighted by molar-refractivity contribution is 5.59. The SMILES string of the molecule is Cc1cc(-c2ccc(F)cc2)[nH]c(=O)c1. The summed E-state index contributed by atoms with van der Waals surface area (Å²) in [6.45, 7) is 1.85. The zero-order valence-electron chi connectivity index (χ0n) is 8.25. The maximum absolute atomic E-state index is 12.7. The zero-order valence-corrected chi connectivity index (χ0v) is 8.25. The van der Waals surface area contributed by atoms with E-state index in [0.717, 1.165) is 11.1 Å². The molecule has 0 aliphatic heterocycles. The van der Waals surface area contributed by atoms with Crippen LogP contribution in [0.4, 0.5) is 4.39 Å². The van der Waals surface area contributed by atoms with Gasteiger partial charge in [0.25, 0.3) is 0 Å². The molecule has 1 heterocycles. The molecular weight excluding hydrogens is 193 g/mol. The Kier molecular flexibility index (Phi) is 2.37. The van der Waals surface area contributed by atoms with E-state index in [4.69, 9.17) is 0 Å². The number of nitrogens with one attached hydrogen (secondary N) is 1. The Morgan fingerprint density at radius 3 is 2.40 bits per heavy atom. The van der Waals surface area contributed by atoms with Crippen molar-refractivity contribution in [1.29, 1.82) is 0 Å². The molecule has 76 valence electrons. The van der Waals surface area contributed by atoms with Gasteiger partial charge in [-0.25, -0.2) is 4.39 Å². The van der Waals surface area contributed by atoms with Crippen molar-refractivity contribution < 1.29 is 4.39 Å². The fraction of sp³-hybridized carbons (Fsp3) is 0.0833. The smallest absolute Gasteiger partial charge is 0.248 e. The van der Waals surface area contributed by atoms with Gasteiger partial charge in [-0.1, -0.05) is 0 Å². The van der Waals surface area contributed by atoms with Gasteiger partial charge in [0.05, 0.1) is 0 Å². The van der Waals surface area contributed by atoms with Crippen molar-refractivity contribution in [2.75, 3.05) is 0 Å². The molecule has 1 aromatic heterocycles. The summed E-state index contributed by atoms with van der Waals surface area (Å²) < 4.78 is 12.7. The Bertz CT molecular complexity index is 528. The van der Waals surface area contributed by atoms with Crippen molar-refractivity contribution in [2.24, 2.45) is 0 Å². The Morgan fingerprint density at radius 2 is 1.80 bits per heavy atom. The molecule has 2 aromatic rings. The molecule has 0 unspecified atom stereocenters. The third kappa shape index (κ3) is 2.13. The first-order valence-corrected chi connectivity index (χ1v) is 4.62. The standard InChI is InChI=1S/C12H10FNO/c1-8-6-11(14-12(15)7-8)9-2-4-10(13)5-3-9/h2-7H,1H3,(H,14,15). The third-order valence-corrected chi connectivity index (χ3v) is 2.14. The minimum absolute atomic E-state index is 0.144.